The molecule has 0 radical (unpaired) electrons. The highest BCUT2D eigenvalue weighted by molar-refractivity contribution is 5.94. The Morgan fingerprint density at radius 3 is 2.49 bits per heavy atom. The molecule has 0 aliphatic carbocycles. The summed E-state index contributed by atoms with van der Waals surface area (Å²) >= 11 is 0. The van der Waals surface area contributed by atoms with Gasteiger partial charge in [0.25, 0.3) is 5.91 Å². The van der Waals surface area contributed by atoms with E-state index in [-0.39, 0.29) is 24.6 Å². The summed E-state index contributed by atoms with van der Waals surface area (Å²) in [6, 6.07) is 11.9. The van der Waals surface area contributed by atoms with Gasteiger partial charge in [-0.2, -0.15) is 0 Å². The van der Waals surface area contributed by atoms with E-state index < -0.39 is 5.60 Å². The van der Waals surface area contributed by atoms with Crippen molar-refractivity contribution in [1.82, 2.24) is 15.5 Å². The fourth-order valence-corrected chi connectivity index (χ4v) is 4.38. The van der Waals surface area contributed by atoms with Crippen LogP contribution in [0, 0.1) is 5.92 Å². The number of amides is 4. The van der Waals surface area contributed by atoms with Crippen LogP contribution < -0.4 is 25.4 Å². The van der Waals surface area contributed by atoms with E-state index in [9.17, 15) is 14.4 Å². The second-order valence-electron chi connectivity index (χ2n) is 10.6. The molecule has 0 saturated carbocycles. The molecule has 1 unspecified atom stereocenters. The van der Waals surface area contributed by atoms with Crippen LogP contribution in [0.25, 0.3) is 0 Å². The predicted molar refractivity (Wildman–Crippen MR) is 149 cm³/mol. The normalized spacial score (nSPS) is 15.2. The SMILES string of the molecule is COc1ccc(NC(=O)NCc2cccc(C(=O)NCCC3CCCN(C(=O)OC(C)(C)C)C3)c2)cc1OC. The molecule has 2 aromatic carbocycles. The van der Waals surface area contributed by atoms with Crippen LogP contribution >= 0.6 is 0 Å². The van der Waals surface area contributed by atoms with Crippen molar-refractivity contribution in [2.45, 2.75) is 52.2 Å². The molecular weight excluding hydrogens is 500 g/mol. The van der Waals surface area contributed by atoms with Gasteiger partial charge in [-0.05, 0) is 75.8 Å². The summed E-state index contributed by atoms with van der Waals surface area (Å²) in [5, 5.41) is 8.53. The van der Waals surface area contributed by atoms with Gasteiger partial charge in [-0.3, -0.25) is 4.79 Å². The van der Waals surface area contributed by atoms with Crippen LogP contribution in [-0.2, 0) is 11.3 Å². The first-order valence-electron chi connectivity index (χ1n) is 13.2. The lowest BCUT2D eigenvalue weighted by molar-refractivity contribution is 0.0161. The first-order chi connectivity index (χ1) is 18.6. The number of piperidine rings is 1. The lowest BCUT2D eigenvalue weighted by Gasteiger charge is -2.34. The summed E-state index contributed by atoms with van der Waals surface area (Å²) in [4.78, 5) is 39.3. The number of hydrogen-bond acceptors (Lipinski definition) is 6. The summed E-state index contributed by atoms with van der Waals surface area (Å²) in [5.41, 5.74) is 1.36. The maximum Gasteiger partial charge on any atom is 0.410 e. The van der Waals surface area contributed by atoms with E-state index in [1.165, 1.54) is 7.11 Å². The smallest absolute Gasteiger partial charge is 0.410 e. The molecule has 39 heavy (non-hydrogen) atoms. The number of ether oxygens (including phenoxy) is 3. The molecule has 10 nitrogen and oxygen atoms in total. The molecule has 1 saturated heterocycles. The summed E-state index contributed by atoms with van der Waals surface area (Å²) < 4.78 is 16.0. The Morgan fingerprint density at radius 1 is 1.00 bits per heavy atom. The van der Waals surface area contributed by atoms with E-state index in [1.807, 2.05) is 26.8 Å². The minimum atomic E-state index is -0.517. The number of methoxy groups -OCH3 is 2. The molecule has 1 aliphatic heterocycles. The van der Waals surface area contributed by atoms with Gasteiger partial charge in [0.15, 0.2) is 11.5 Å². The highest BCUT2D eigenvalue weighted by atomic mass is 16.6. The molecule has 1 atom stereocenters. The molecule has 0 aromatic heterocycles. The molecule has 1 heterocycles. The van der Waals surface area contributed by atoms with E-state index in [1.54, 1.807) is 48.4 Å². The second kappa shape index (κ2) is 13.7. The number of likely N-dealkylation sites (tertiary alicyclic amines) is 1. The Hall–Kier alpha value is -3.95. The molecule has 212 valence electrons. The Labute approximate surface area is 230 Å². The zero-order valence-corrected chi connectivity index (χ0v) is 23.5. The Bertz CT molecular complexity index is 1150. The standard InChI is InChI=1S/C29H40N4O6/c1-29(2,3)39-28(36)33-15-7-9-20(19-33)13-14-30-26(34)22-10-6-8-21(16-22)18-31-27(35)32-23-11-12-24(37-4)25(17-23)38-5/h6,8,10-12,16-17,20H,7,9,13-15,18-19H2,1-5H3,(H,30,34)(H2,31,32,35). The fourth-order valence-electron chi connectivity index (χ4n) is 4.38. The molecule has 1 fully saturated rings. The number of rotatable bonds is 9. The molecule has 0 spiro atoms. The number of anilines is 1. The van der Waals surface area contributed by atoms with Gasteiger partial charge in [0, 0.05) is 43.5 Å². The average Bonchev–Trinajstić information content (AvgIpc) is 2.91. The largest absolute Gasteiger partial charge is 0.493 e. The molecule has 0 bridgehead atoms. The molecule has 4 amide bonds. The Morgan fingerprint density at radius 2 is 1.77 bits per heavy atom. The van der Waals surface area contributed by atoms with Gasteiger partial charge in [0.2, 0.25) is 0 Å². The summed E-state index contributed by atoms with van der Waals surface area (Å²) in [7, 11) is 3.07. The van der Waals surface area contributed by atoms with Crippen molar-refractivity contribution < 1.29 is 28.6 Å². The minimum absolute atomic E-state index is 0.175. The third-order valence-corrected chi connectivity index (χ3v) is 6.29. The third kappa shape index (κ3) is 9.38. The number of benzene rings is 2. The van der Waals surface area contributed by atoms with E-state index in [0.717, 1.165) is 24.8 Å². The number of urea groups is 1. The summed E-state index contributed by atoms with van der Waals surface area (Å²) in [5.74, 6) is 1.22. The van der Waals surface area contributed by atoms with Crippen molar-refractivity contribution >= 4 is 23.7 Å². The monoisotopic (exact) mass is 540 g/mol. The maximum atomic E-state index is 12.7. The number of nitrogens with zero attached hydrogens (tertiary/aromatic N) is 1. The van der Waals surface area contributed by atoms with Gasteiger partial charge in [-0.15, -0.1) is 0 Å². The van der Waals surface area contributed by atoms with Gasteiger partial charge < -0.3 is 35.1 Å². The number of hydrogen-bond donors (Lipinski definition) is 3. The van der Waals surface area contributed by atoms with Gasteiger partial charge in [0.05, 0.1) is 14.2 Å². The topological polar surface area (TPSA) is 118 Å². The van der Waals surface area contributed by atoms with Crippen LogP contribution in [0.3, 0.4) is 0 Å². The van der Waals surface area contributed by atoms with E-state index in [2.05, 4.69) is 16.0 Å². The van der Waals surface area contributed by atoms with E-state index in [0.29, 0.717) is 48.3 Å². The van der Waals surface area contributed by atoms with Crippen molar-refractivity contribution in [3.63, 3.8) is 0 Å². The molecule has 3 N–H and O–H groups in total. The molecule has 3 rings (SSSR count). The van der Waals surface area contributed by atoms with Gasteiger partial charge in [0.1, 0.15) is 5.60 Å². The predicted octanol–water partition coefficient (Wildman–Crippen LogP) is 4.79. The molecule has 10 heteroatoms. The highest BCUT2D eigenvalue weighted by Crippen LogP contribution is 2.29. The zero-order valence-electron chi connectivity index (χ0n) is 23.5. The average molecular weight is 541 g/mol. The first kappa shape index (κ1) is 29.6. The highest BCUT2D eigenvalue weighted by Gasteiger charge is 2.27. The van der Waals surface area contributed by atoms with Crippen LogP contribution in [0.2, 0.25) is 0 Å². The Kier molecular flexibility index (Phi) is 10.4. The van der Waals surface area contributed by atoms with Crippen molar-refractivity contribution in [2.75, 3.05) is 39.2 Å². The van der Waals surface area contributed by atoms with Gasteiger partial charge >= 0.3 is 12.1 Å². The Balaban J connectivity index is 1.44. The van der Waals surface area contributed by atoms with Gasteiger partial charge in [-0.25, -0.2) is 9.59 Å². The van der Waals surface area contributed by atoms with E-state index in [4.69, 9.17) is 14.2 Å². The third-order valence-electron chi connectivity index (χ3n) is 6.29. The van der Waals surface area contributed by atoms with Crippen LogP contribution in [-0.4, -0.2) is 62.4 Å². The zero-order chi connectivity index (χ0) is 28.4. The van der Waals surface area contributed by atoms with Crippen molar-refractivity contribution in [3.05, 3.63) is 53.6 Å². The number of nitrogens with one attached hydrogen (secondary N) is 3. The van der Waals surface area contributed by atoms with Gasteiger partial charge in [-0.1, -0.05) is 12.1 Å². The number of carbonyl (C=O) groups excluding carboxylic acids is 3. The van der Waals surface area contributed by atoms with Crippen molar-refractivity contribution in [1.29, 1.82) is 0 Å². The number of carbonyl (C=O) groups is 3. The lowest BCUT2D eigenvalue weighted by Crippen LogP contribution is -2.43. The fraction of sp³-hybridized carbons (Fsp3) is 0.483. The van der Waals surface area contributed by atoms with Crippen LogP contribution in [0.4, 0.5) is 15.3 Å². The van der Waals surface area contributed by atoms with Crippen LogP contribution in [0.5, 0.6) is 11.5 Å². The lowest BCUT2D eigenvalue weighted by atomic mass is 9.95. The van der Waals surface area contributed by atoms with Crippen LogP contribution in [0.15, 0.2) is 42.5 Å². The van der Waals surface area contributed by atoms with Crippen LogP contribution in [0.1, 0.15) is 56.0 Å². The maximum absolute atomic E-state index is 12.7. The molecular formula is C29H40N4O6. The van der Waals surface area contributed by atoms with E-state index >= 15 is 0 Å². The molecule has 1 aliphatic rings. The minimum Gasteiger partial charge on any atom is -0.493 e. The second-order valence-corrected chi connectivity index (χ2v) is 10.6. The first-order valence-corrected chi connectivity index (χ1v) is 13.2. The van der Waals surface area contributed by atoms with Crippen molar-refractivity contribution in [3.8, 4) is 11.5 Å². The summed E-state index contributed by atoms with van der Waals surface area (Å²) in [6.45, 7) is 7.69. The quantitative estimate of drug-likeness (QED) is 0.421. The van der Waals surface area contributed by atoms with Crippen molar-refractivity contribution in [2.24, 2.45) is 5.92 Å². The molecule has 2 aromatic rings. The summed E-state index contributed by atoms with van der Waals surface area (Å²) in [6.07, 6.45) is 2.44.